The minimum absolute atomic E-state index is 0.290. The first-order chi connectivity index (χ1) is 7.27. The normalized spacial score (nSPS) is 10.2. The van der Waals surface area contributed by atoms with Crippen LogP contribution in [-0.2, 0) is 9.59 Å². The van der Waals surface area contributed by atoms with Crippen LogP contribution in [0.2, 0.25) is 0 Å². The standard InChI is InChI=1S/C12H12O3/c1-2-12(14)15-11-8-4-3-6-10(11)7-5-9-13/h3-9H,2H2,1H3/b7-5+. The summed E-state index contributed by atoms with van der Waals surface area (Å²) in [5, 5.41) is 0. The monoisotopic (exact) mass is 204 g/mol. The van der Waals surface area contributed by atoms with E-state index >= 15 is 0 Å². The quantitative estimate of drug-likeness (QED) is 0.327. The Bertz CT molecular complexity index is 380. The van der Waals surface area contributed by atoms with Crippen LogP contribution in [0.1, 0.15) is 18.9 Å². The molecule has 78 valence electrons. The number of carbonyl (C=O) groups is 2. The van der Waals surface area contributed by atoms with Crippen LogP contribution < -0.4 is 4.74 Å². The Morgan fingerprint density at radius 1 is 1.40 bits per heavy atom. The van der Waals surface area contributed by atoms with E-state index in [1.54, 1.807) is 31.2 Å². The molecule has 0 unspecified atom stereocenters. The van der Waals surface area contributed by atoms with Gasteiger partial charge in [0.25, 0.3) is 0 Å². The van der Waals surface area contributed by atoms with Crippen molar-refractivity contribution < 1.29 is 14.3 Å². The van der Waals surface area contributed by atoms with E-state index in [1.165, 1.54) is 6.08 Å². The van der Waals surface area contributed by atoms with Crippen molar-refractivity contribution in [2.45, 2.75) is 13.3 Å². The van der Waals surface area contributed by atoms with Crippen LogP contribution in [0.15, 0.2) is 30.3 Å². The largest absolute Gasteiger partial charge is 0.426 e. The molecule has 1 aromatic rings. The van der Waals surface area contributed by atoms with Crippen LogP contribution in [0.3, 0.4) is 0 Å². The third-order valence-corrected chi connectivity index (χ3v) is 1.79. The summed E-state index contributed by atoms with van der Waals surface area (Å²) in [4.78, 5) is 21.3. The van der Waals surface area contributed by atoms with E-state index < -0.39 is 0 Å². The van der Waals surface area contributed by atoms with Gasteiger partial charge in [0.05, 0.1) is 0 Å². The zero-order valence-corrected chi connectivity index (χ0v) is 8.47. The van der Waals surface area contributed by atoms with Gasteiger partial charge in [0, 0.05) is 12.0 Å². The van der Waals surface area contributed by atoms with E-state index in [0.29, 0.717) is 24.0 Å². The number of carbonyl (C=O) groups excluding carboxylic acids is 2. The molecule has 0 saturated heterocycles. The number of hydrogen-bond acceptors (Lipinski definition) is 3. The van der Waals surface area contributed by atoms with Crippen molar-refractivity contribution in [3.05, 3.63) is 35.9 Å². The van der Waals surface area contributed by atoms with Gasteiger partial charge in [-0.05, 0) is 18.2 Å². The molecule has 0 spiro atoms. The summed E-state index contributed by atoms with van der Waals surface area (Å²) in [5.41, 5.74) is 0.714. The Balaban J connectivity index is 2.90. The number of aldehydes is 1. The lowest BCUT2D eigenvalue weighted by Gasteiger charge is -2.05. The van der Waals surface area contributed by atoms with E-state index in [9.17, 15) is 9.59 Å². The van der Waals surface area contributed by atoms with E-state index in [-0.39, 0.29) is 5.97 Å². The summed E-state index contributed by atoms with van der Waals surface area (Å²) in [6.07, 6.45) is 3.97. The predicted molar refractivity (Wildman–Crippen MR) is 57.5 cm³/mol. The second-order valence-corrected chi connectivity index (χ2v) is 2.86. The summed E-state index contributed by atoms with van der Waals surface area (Å²) >= 11 is 0. The lowest BCUT2D eigenvalue weighted by atomic mass is 10.2. The minimum Gasteiger partial charge on any atom is -0.426 e. The molecule has 1 rings (SSSR count). The zero-order valence-electron chi connectivity index (χ0n) is 8.47. The number of para-hydroxylation sites is 1. The van der Waals surface area contributed by atoms with Gasteiger partial charge in [0.15, 0.2) is 0 Å². The molecule has 0 fully saturated rings. The smallest absolute Gasteiger partial charge is 0.310 e. The van der Waals surface area contributed by atoms with Crippen LogP contribution in [0.4, 0.5) is 0 Å². The van der Waals surface area contributed by atoms with Crippen LogP contribution in [0, 0.1) is 0 Å². The lowest BCUT2D eigenvalue weighted by molar-refractivity contribution is -0.134. The van der Waals surface area contributed by atoms with Gasteiger partial charge in [-0.1, -0.05) is 25.1 Å². The first kappa shape index (κ1) is 11.2. The van der Waals surface area contributed by atoms with Crippen molar-refractivity contribution in [3.8, 4) is 5.75 Å². The van der Waals surface area contributed by atoms with Crippen molar-refractivity contribution in [2.24, 2.45) is 0 Å². The summed E-state index contributed by atoms with van der Waals surface area (Å²) in [6, 6.07) is 7.06. The molecule has 0 heterocycles. The van der Waals surface area contributed by atoms with Crippen molar-refractivity contribution in [1.82, 2.24) is 0 Å². The van der Waals surface area contributed by atoms with E-state index in [4.69, 9.17) is 4.74 Å². The number of esters is 1. The molecule has 0 N–H and O–H groups in total. The fourth-order valence-corrected chi connectivity index (χ4v) is 1.05. The van der Waals surface area contributed by atoms with Gasteiger partial charge in [-0.25, -0.2) is 0 Å². The van der Waals surface area contributed by atoms with Crippen LogP contribution in [0.25, 0.3) is 6.08 Å². The summed E-state index contributed by atoms with van der Waals surface area (Å²) in [6.45, 7) is 1.73. The number of rotatable bonds is 4. The van der Waals surface area contributed by atoms with Gasteiger partial charge in [-0.3, -0.25) is 9.59 Å². The molecule has 15 heavy (non-hydrogen) atoms. The van der Waals surface area contributed by atoms with Gasteiger partial charge in [0.1, 0.15) is 12.0 Å². The van der Waals surface area contributed by atoms with Crippen LogP contribution >= 0.6 is 0 Å². The van der Waals surface area contributed by atoms with Gasteiger partial charge in [-0.15, -0.1) is 0 Å². The second kappa shape index (κ2) is 5.75. The molecule has 0 atom stereocenters. The molecule has 1 aromatic carbocycles. The Morgan fingerprint density at radius 2 is 2.13 bits per heavy atom. The van der Waals surface area contributed by atoms with Gasteiger partial charge in [0.2, 0.25) is 0 Å². The number of benzene rings is 1. The maximum Gasteiger partial charge on any atom is 0.310 e. The fraction of sp³-hybridized carbons (Fsp3) is 0.167. The first-order valence-electron chi connectivity index (χ1n) is 4.69. The van der Waals surface area contributed by atoms with Crippen LogP contribution in [-0.4, -0.2) is 12.3 Å². The van der Waals surface area contributed by atoms with E-state index in [0.717, 1.165) is 0 Å². The highest BCUT2D eigenvalue weighted by Crippen LogP contribution is 2.19. The minimum atomic E-state index is -0.290. The molecule has 0 aliphatic rings. The summed E-state index contributed by atoms with van der Waals surface area (Å²) in [7, 11) is 0. The molecule has 0 amide bonds. The third-order valence-electron chi connectivity index (χ3n) is 1.79. The Kier molecular flexibility index (Phi) is 4.29. The average molecular weight is 204 g/mol. The molecule has 3 heteroatoms. The molecule has 0 bridgehead atoms. The zero-order chi connectivity index (χ0) is 11.1. The Labute approximate surface area is 88.4 Å². The highest BCUT2D eigenvalue weighted by atomic mass is 16.5. The van der Waals surface area contributed by atoms with Crippen molar-refractivity contribution >= 4 is 18.3 Å². The van der Waals surface area contributed by atoms with Crippen LogP contribution in [0.5, 0.6) is 5.75 Å². The average Bonchev–Trinajstić information content (AvgIpc) is 2.28. The number of allylic oxidation sites excluding steroid dienone is 1. The van der Waals surface area contributed by atoms with E-state index in [1.807, 2.05) is 6.07 Å². The third kappa shape index (κ3) is 3.38. The van der Waals surface area contributed by atoms with Crippen molar-refractivity contribution in [2.75, 3.05) is 0 Å². The maximum absolute atomic E-state index is 11.1. The Hall–Kier alpha value is -1.90. The molecule has 0 aliphatic carbocycles. The molecule has 0 aliphatic heterocycles. The molecule has 0 saturated carbocycles. The molecular weight excluding hydrogens is 192 g/mol. The summed E-state index contributed by atoms with van der Waals surface area (Å²) < 4.78 is 5.09. The number of ether oxygens (including phenoxy) is 1. The highest BCUT2D eigenvalue weighted by molar-refractivity contribution is 5.77. The van der Waals surface area contributed by atoms with Crippen molar-refractivity contribution in [1.29, 1.82) is 0 Å². The molecule has 0 aromatic heterocycles. The van der Waals surface area contributed by atoms with Gasteiger partial charge < -0.3 is 4.74 Å². The first-order valence-corrected chi connectivity index (χ1v) is 4.69. The second-order valence-electron chi connectivity index (χ2n) is 2.86. The number of hydrogen-bond donors (Lipinski definition) is 0. The molecule has 3 nitrogen and oxygen atoms in total. The van der Waals surface area contributed by atoms with Gasteiger partial charge >= 0.3 is 5.97 Å². The highest BCUT2D eigenvalue weighted by Gasteiger charge is 2.04. The topological polar surface area (TPSA) is 43.4 Å². The summed E-state index contributed by atoms with van der Waals surface area (Å²) in [5.74, 6) is 0.185. The van der Waals surface area contributed by atoms with Crippen molar-refractivity contribution in [3.63, 3.8) is 0 Å². The maximum atomic E-state index is 11.1. The molecule has 0 radical (unpaired) electrons. The SMILES string of the molecule is CCC(=O)Oc1ccccc1/C=C/C=O. The molecular formula is C12H12O3. The lowest BCUT2D eigenvalue weighted by Crippen LogP contribution is -2.06. The Morgan fingerprint density at radius 3 is 2.80 bits per heavy atom. The van der Waals surface area contributed by atoms with Gasteiger partial charge in [-0.2, -0.15) is 0 Å². The van der Waals surface area contributed by atoms with E-state index in [2.05, 4.69) is 0 Å². The predicted octanol–water partition coefficient (Wildman–Crippen LogP) is 2.21. The fourth-order valence-electron chi connectivity index (χ4n) is 1.05.